The predicted octanol–water partition coefficient (Wildman–Crippen LogP) is 4.95. The van der Waals surface area contributed by atoms with Gasteiger partial charge < -0.3 is 4.74 Å². The lowest BCUT2D eigenvalue weighted by Crippen LogP contribution is -2.41. The quantitative estimate of drug-likeness (QED) is 0.710. The van der Waals surface area contributed by atoms with E-state index in [1.54, 1.807) is 11.1 Å². The Kier molecular flexibility index (Phi) is 4.92. The highest BCUT2D eigenvalue weighted by Crippen LogP contribution is 2.48. The van der Waals surface area contributed by atoms with Gasteiger partial charge in [0.25, 0.3) is 5.91 Å². The van der Waals surface area contributed by atoms with Crippen LogP contribution in [0.15, 0.2) is 60.0 Å². The topological polar surface area (TPSA) is 59.5 Å². The second kappa shape index (κ2) is 7.63. The molecule has 4 atom stereocenters. The van der Waals surface area contributed by atoms with E-state index in [1.807, 2.05) is 30.3 Å². The number of pyridine rings is 1. The van der Waals surface area contributed by atoms with Crippen LogP contribution in [0.2, 0.25) is 0 Å². The van der Waals surface area contributed by atoms with Crippen LogP contribution in [-0.4, -0.2) is 22.8 Å². The minimum atomic E-state index is -0.510. The Bertz CT molecular complexity index is 1040. The Hall–Kier alpha value is -2.95. The Labute approximate surface area is 183 Å². The molecule has 2 aliphatic heterocycles. The van der Waals surface area contributed by atoms with E-state index in [0.29, 0.717) is 23.2 Å². The lowest BCUT2D eigenvalue weighted by Gasteiger charge is -2.37. The van der Waals surface area contributed by atoms with Crippen LogP contribution in [0.3, 0.4) is 0 Å². The van der Waals surface area contributed by atoms with Crippen molar-refractivity contribution in [2.75, 3.05) is 4.90 Å². The first kappa shape index (κ1) is 20.0. The Morgan fingerprint density at radius 1 is 1.06 bits per heavy atom. The number of Topliss-reactive ketones (excluding diaryl/α,β-unsaturated/α-hetero) is 1. The third-order valence-electron chi connectivity index (χ3n) is 6.92. The summed E-state index contributed by atoms with van der Waals surface area (Å²) in [5.74, 6) is 1.29. The molecule has 0 spiro atoms. The van der Waals surface area contributed by atoms with E-state index in [1.165, 1.54) is 5.56 Å². The molecule has 1 aromatic carbocycles. The van der Waals surface area contributed by atoms with Crippen molar-refractivity contribution in [3.05, 3.63) is 71.1 Å². The summed E-state index contributed by atoms with van der Waals surface area (Å²) in [7, 11) is 0. The first-order valence-corrected chi connectivity index (χ1v) is 11.2. The van der Waals surface area contributed by atoms with Gasteiger partial charge in [0.15, 0.2) is 11.5 Å². The largest absolute Gasteiger partial charge is 0.483 e. The summed E-state index contributed by atoms with van der Waals surface area (Å²) < 4.78 is 6.25. The number of rotatable bonds is 3. The molecular formula is C26H28N2O3. The maximum atomic E-state index is 13.7. The fraction of sp³-hybridized carbons (Fsp3) is 0.423. The average molecular weight is 417 g/mol. The fourth-order valence-corrected chi connectivity index (χ4v) is 5.19. The first-order valence-electron chi connectivity index (χ1n) is 11.2. The van der Waals surface area contributed by atoms with Gasteiger partial charge in [0, 0.05) is 6.20 Å². The van der Waals surface area contributed by atoms with E-state index in [2.05, 4.69) is 37.9 Å². The Morgan fingerprint density at radius 2 is 1.84 bits per heavy atom. The maximum absolute atomic E-state index is 13.7. The Balaban J connectivity index is 1.62. The van der Waals surface area contributed by atoms with E-state index >= 15 is 0 Å². The fourth-order valence-electron chi connectivity index (χ4n) is 5.19. The van der Waals surface area contributed by atoms with Crippen LogP contribution in [-0.2, 0) is 14.3 Å². The van der Waals surface area contributed by atoms with Crippen LogP contribution < -0.4 is 4.90 Å². The lowest BCUT2D eigenvalue weighted by atomic mass is 9.74. The third kappa shape index (κ3) is 3.27. The maximum Gasteiger partial charge on any atom is 0.295 e. The standard InChI is InChI=1S/C26H28N2O3/c1-15(2)17-8-10-18(11-9-17)23-22-24(29)19-14-16(3)7-12-20(19)31-25(22)26(30)28(23)21-6-4-5-13-27-21/h4-6,8-11,13,15-16,19-20,23H,7,12,14H2,1-3H3. The van der Waals surface area contributed by atoms with E-state index in [0.717, 1.165) is 24.8 Å². The van der Waals surface area contributed by atoms with Gasteiger partial charge in [-0.2, -0.15) is 0 Å². The van der Waals surface area contributed by atoms with E-state index in [4.69, 9.17) is 4.74 Å². The highest BCUT2D eigenvalue weighted by molar-refractivity contribution is 6.17. The molecule has 1 aliphatic carbocycles. The van der Waals surface area contributed by atoms with Crippen LogP contribution in [0.4, 0.5) is 5.82 Å². The molecule has 1 fully saturated rings. The number of carbonyl (C=O) groups excluding carboxylic acids is 2. The van der Waals surface area contributed by atoms with Crippen LogP contribution in [0, 0.1) is 11.8 Å². The lowest BCUT2D eigenvalue weighted by molar-refractivity contribution is -0.132. The second-order valence-electron chi connectivity index (χ2n) is 9.38. The molecule has 0 radical (unpaired) electrons. The molecule has 1 amide bonds. The SMILES string of the molecule is CC1CCC2OC3=C(C(=O)C2C1)C(c1ccc(C(C)C)cc1)N(c1ccccn1)C3=O. The summed E-state index contributed by atoms with van der Waals surface area (Å²) >= 11 is 0. The zero-order chi connectivity index (χ0) is 21.7. The van der Waals surface area contributed by atoms with Gasteiger partial charge >= 0.3 is 0 Å². The molecule has 0 N–H and O–H groups in total. The number of hydrogen-bond donors (Lipinski definition) is 0. The number of aromatic nitrogens is 1. The molecule has 4 unspecified atom stereocenters. The highest BCUT2D eigenvalue weighted by atomic mass is 16.5. The molecule has 5 nitrogen and oxygen atoms in total. The zero-order valence-electron chi connectivity index (χ0n) is 18.2. The van der Waals surface area contributed by atoms with Gasteiger partial charge in [-0.1, -0.05) is 51.1 Å². The van der Waals surface area contributed by atoms with Crippen LogP contribution in [0.1, 0.15) is 63.1 Å². The van der Waals surface area contributed by atoms with Crippen molar-refractivity contribution in [1.82, 2.24) is 4.98 Å². The molecule has 1 aromatic heterocycles. The van der Waals surface area contributed by atoms with Crippen LogP contribution >= 0.6 is 0 Å². The molecule has 0 bridgehead atoms. The van der Waals surface area contributed by atoms with Crippen molar-refractivity contribution in [3.63, 3.8) is 0 Å². The van der Waals surface area contributed by atoms with Crippen LogP contribution in [0.5, 0.6) is 0 Å². The van der Waals surface area contributed by atoms with Crippen molar-refractivity contribution >= 4 is 17.5 Å². The number of anilines is 1. The summed E-state index contributed by atoms with van der Waals surface area (Å²) in [6.45, 7) is 6.49. The average Bonchev–Trinajstić information content (AvgIpc) is 3.07. The van der Waals surface area contributed by atoms with Gasteiger partial charge in [-0.05, 0) is 54.4 Å². The van der Waals surface area contributed by atoms with Crippen LogP contribution in [0.25, 0.3) is 0 Å². The number of benzene rings is 1. The number of ketones is 1. The number of fused-ring (bicyclic) bond motifs is 1. The minimum Gasteiger partial charge on any atom is -0.483 e. The molecule has 2 aromatic rings. The van der Waals surface area contributed by atoms with E-state index in [-0.39, 0.29) is 29.5 Å². The van der Waals surface area contributed by atoms with E-state index < -0.39 is 6.04 Å². The monoisotopic (exact) mass is 416 g/mol. The molecule has 0 saturated heterocycles. The molecule has 31 heavy (non-hydrogen) atoms. The van der Waals surface area contributed by atoms with Crippen molar-refractivity contribution in [2.24, 2.45) is 11.8 Å². The molecule has 5 heteroatoms. The number of nitrogens with zero attached hydrogens (tertiary/aromatic N) is 2. The van der Waals surface area contributed by atoms with Crippen molar-refractivity contribution in [2.45, 2.75) is 58.1 Å². The van der Waals surface area contributed by atoms with E-state index in [9.17, 15) is 9.59 Å². The Morgan fingerprint density at radius 3 is 2.52 bits per heavy atom. The molecule has 1 saturated carbocycles. The van der Waals surface area contributed by atoms with Crippen molar-refractivity contribution in [1.29, 1.82) is 0 Å². The first-order chi connectivity index (χ1) is 15.0. The third-order valence-corrected chi connectivity index (χ3v) is 6.92. The number of amides is 1. The predicted molar refractivity (Wildman–Crippen MR) is 118 cm³/mol. The summed E-state index contributed by atoms with van der Waals surface area (Å²) in [5, 5.41) is 0. The van der Waals surface area contributed by atoms with Gasteiger partial charge in [0.2, 0.25) is 0 Å². The molecular weight excluding hydrogens is 388 g/mol. The van der Waals surface area contributed by atoms with Crippen molar-refractivity contribution < 1.29 is 14.3 Å². The summed E-state index contributed by atoms with van der Waals surface area (Å²) in [5.41, 5.74) is 2.63. The zero-order valence-corrected chi connectivity index (χ0v) is 18.2. The summed E-state index contributed by atoms with van der Waals surface area (Å²) in [4.78, 5) is 33.3. The number of ether oxygens (including phenoxy) is 1. The van der Waals surface area contributed by atoms with Gasteiger partial charge in [-0.25, -0.2) is 4.98 Å². The van der Waals surface area contributed by atoms with Gasteiger partial charge in [-0.15, -0.1) is 0 Å². The minimum absolute atomic E-state index is 0.0718. The normalized spacial score (nSPS) is 27.9. The number of carbonyl (C=O) groups is 2. The van der Waals surface area contributed by atoms with Crippen molar-refractivity contribution in [3.8, 4) is 0 Å². The van der Waals surface area contributed by atoms with Gasteiger partial charge in [-0.3, -0.25) is 14.5 Å². The van der Waals surface area contributed by atoms with Gasteiger partial charge in [0.05, 0.1) is 17.5 Å². The molecule has 3 aliphatic rings. The molecule has 3 heterocycles. The molecule has 160 valence electrons. The highest BCUT2D eigenvalue weighted by Gasteiger charge is 2.53. The molecule has 5 rings (SSSR count). The number of hydrogen-bond acceptors (Lipinski definition) is 4. The summed E-state index contributed by atoms with van der Waals surface area (Å²) in [6.07, 6.45) is 4.13. The summed E-state index contributed by atoms with van der Waals surface area (Å²) in [6, 6.07) is 13.2. The van der Waals surface area contributed by atoms with Gasteiger partial charge in [0.1, 0.15) is 11.9 Å². The smallest absolute Gasteiger partial charge is 0.295 e. The second-order valence-corrected chi connectivity index (χ2v) is 9.38.